The second-order valence-electron chi connectivity index (χ2n) is 10.3. The minimum Gasteiger partial charge on any atom is -0.423 e. The van der Waals surface area contributed by atoms with Crippen LogP contribution in [0.2, 0.25) is 0 Å². The van der Waals surface area contributed by atoms with Crippen molar-refractivity contribution in [1.29, 1.82) is 0 Å². The number of rotatable bonds is 4. The van der Waals surface area contributed by atoms with Gasteiger partial charge in [0, 0.05) is 24.7 Å². The van der Waals surface area contributed by atoms with E-state index in [4.69, 9.17) is 19.8 Å². The summed E-state index contributed by atoms with van der Waals surface area (Å²) in [6.07, 6.45) is 4.22. The molecule has 0 bridgehead atoms. The van der Waals surface area contributed by atoms with Crippen molar-refractivity contribution in [2.45, 2.75) is 50.0 Å². The molecule has 1 spiro atoms. The molecule has 5 aromatic rings. The van der Waals surface area contributed by atoms with E-state index in [0.29, 0.717) is 54.0 Å². The molecule has 200 valence electrons. The molecule has 3 aromatic heterocycles. The molecule has 0 saturated heterocycles. The molecule has 4 heterocycles. The average molecular weight is 533 g/mol. The van der Waals surface area contributed by atoms with Gasteiger partial charge in [0.25, 0.3) is 0 Å². The minimum atomic E-state index is -1.50. The summed E-state index contributed by atoms with van der Waals surface area (Å²) in [6.45, 7) is 1.64. The molecule has 0 radical (unpaired) electrons. The first kappa shape index (κ1) is 23.7. The first-order chi connectivity index (χ1) is 18.7. The van der Waals surface area contributed by atoms with E-state index in [1.54, 1.807) is 37.1 Å². The zero-order chi connectivity index (χ0) is 26.9. The molecular formula is C26H25FN8O4. The Hall–Kier alpha value is -4.36. The number of aryl methyl sites for hydroxylation is 1. The number of hydrogen-bond donors (Lipinski definition) is 2. The Balaban J connectivity index is 1.21. The zero-order valence-electron chi connectivity index (χ0n) is 21.2. The summed E-state index contributed by atoms with van der Waals surface area (Å²) < 4.78 is 34.6. The van der Waals surface area contributed by atoms with Crippen molar-refractivity contribution in [3.05, 3.63) is 59.7 Å². The number of imidazole rings is 1. The SMILES string of the molecule is Cn1cnc(Oc2ccc3c(c2)C(C)(O)OC32CCC(n3c(-c4nonc4N)nc4cc(F)ccc43)CC2)n1. The Kier molecular flexibility index (Phi) is 5.06. The van der Waals surface area contributed by atoms with Gasteiger partial charge < -0.3 is 24.9 Å². The Morgan fingerprint density at radius 2 is 1.95 bits per heavy atom. The van der Waals surface area contributed by atoms with Crippen molar-refractivity contribution in [1.82, 2.24) is 34.6 Å². The van der Waals surface area contributed by atoms with Crippen molar-refractivity contribution in [3.8, 4) is 23.3 Å². The van der Waals surface area contributed by atoms with Crippen molar-refractivity contribution in [2.24, 2.45) is 7.05 Å². The molecule has 1 atom stereocenters. The van der Waals surface area contributed by atoms with Crippen LogP contribution in [0.1, 0.15) is 49.8 Å². The van der Waals surface area contributed by atoms with E-state index in [-0.39, 0.29) is 23.7 Å². The molecule has 1 aliphatic heterocycles. The molecule has 1 saturated carbocycles. The van der Waals surface area contributed by atoms with E-state index >= 15 is 0 Å². The van der Waals surface area contributed by atoms with Gasteiger partial charge in [-0.15, -0.1) is 5.10 Å². The fourth-order valence-corrected chi connectivity index (χ4v) is 5.99. The maximum atomic E-state index is 14.0. The standard InChI is InChI=1S/C26H25FN8O4/c1-25(36)18-12-16(37-24-29-13-34(2)31-24)4-5-17(18)26(38-25)9-7-15(8-10-26)35-20-6-3-14(27)11-19(20)30-23(35)21-22(28)33-39-32-21/h3-6,11-13,15,36H,7-10H2,1-2H3,(H2,28,33). The largest absolute Gasteiger partial charge is 0.423 e. The Labute approximate surface area is 221 Å². The fourth-order valence-electron chi connectivity index (χ4n) is 5.99. The molecule has 13 heteroatoms. The van der Waals surface area contributed by atoms with Crippen LogP contribution in [0.15, 0.2) is 47.4 Å². The Bertz CT molecular complexity index is 1720. The number of aromatic nitrogens is 7. The third kappa shape index (κ3) is 3.76. The Morgan fingerprint density at radius 1 is 1.13 bits per heavy atom. The molecule has 39 heavy (non-hydrogen) atoms. The van der Waals surface area contributed by atoms with Crippen molar-refractivity contribution in [2.75, 3.05) is 5.73 Å². The number of nitrogens with zero attached hydrogens (tertiary/aromatic N) is 7. The topological polar surface area (TPSA) is 152 Å². The number of nitrogen functional groups attached to an aromatic ring is 1. The van der Waals surface area contributed by atoms with Crippen LogP contribution in [0.4, 0.5) is 10.2 Å². The van der Waals surface area contributed by atoms with Crippen molar-refractivity contribution in [3.63, 3.8) is 0 Å². The van der Waals surface area contributed by atoms with Crippen LogP contribution in [0.3, 0.4) is 0 Å². The van der Waals surface area contributed by atoms with E-state index in [0.717, 1.165) is 11.1 Å². The highest BCUT2D eigenvalue weighted by molar-refractivity contribution is 5.82. The number of nitrogens with two attached hydrogens (primary N) is 1. The Morgan fingerprint density at radius 3 is 2.67 bits per heavy atom. The van der Waals surface area contributed by atoms with Crippen LogP contribution in [-0.4, -0.2) is 39.7 Å². The third-order valence-corrected chi connectivity index (χ3v) is 7.67. The van der Waals surface area contributed by atoms with Crippen molar-refractivity contribution < 1.29 is 23.6 Å². The summed E-state index contributed by atoms with van der Waals surface area (Å²) in [4.78, 5) is 8.73. The number of halogens is 1. The lowest BCUT2D eigenvalue weighted by Gasteiger charge is -2.39. The number of aliphatic hydroxyl groups is 1. The normalized spacial score (nSPS) is 24.5. The van der Waals surface area contributed by atoms with Gasteiger partial charge in [0.1, 0.15) is 17.9 Å². The maximum Gasteiger partial charge on any atom is 0.340 e. The number of ether oxygens (including phenoxy) is 2. The van der Waals surface area contributed by atoms with Crippen LogP contribution in [0.25, 0.3) is 22.6 Å². The van der Waals surface area contributed by atoms with Crippen LogP contribution in [0.5, 0.6) is 11.8 Å². The number of hydrogen-bond acceptors (Lipinski definition) is 10. The highest BCUT2D eigenvalue weighted by Crippen LogP contribution is 2.55. The third-order valence-electron chi connectivity index (χ3n) is 7.67. The quantitative estimate of drug-likeness (QED) is 0.348. The molecule has 2 aromatic carbocycles. The number of benzene rings is 2. The first-order valence-corrected chi connectivity index (χ1v) is 12.6. The maximum absolute atomic E-state index is 14.0. The van der Waals surface area contributed by atoms with E-state index in [1.165, 1.54) is 12.1 Å². The van der Waals surface area contributed by atoms with Gasteiger partial charge in [0.2, 0.25) is 0 Å². The van der Waals surface area contributed by atoms with Gasteiger partial charge in [0.15, 0.2) is 23.1 Å². The second-order valence-corrected chi connectivity index (χ2v) is 10.3. The van der Waals surface area contributed by atoms with Crippen molar-refractivity contribution >= 4 is 16.9 Å². The van der Waals surface area contributed by atoms with Gasteiger partial charge in [0.05, 0.1) is 16.6 Å². The molecule has 1 aliphatic carbocycles. The average Bonchev–Trinajstić information content (AvgIpc) is 3.65. The van der Waals surface area contributed by atoms with E-state index in [1.807, 2.05) is 16.7 Å². The molecule has 2 aliphatic rings. The molecular weight excluding hydrogens is 507 g/mol. The van der Waals surface area contributed by atoms with Gasteiger partial charge >= 0.3 is 6.01 Å². The van der Waals surface area contributed by atoms with E-state index in [2.05, 4.69) is 25.4 Å². The molecule has 12 nitrogen and oxygen atoms in total. The van der Waals surface area contributed by atoms with Gasteiger partial charge in [-0.2, -0.15) is 4.98 Å². The summed E-state index contributed by atoms with van der Waals surface area (Å²) in [5, 5.41) is 23.1. The van der Waals surface area contributed by atoms with Gasteiger partial charge in [-0.25, -0.2) is 14.0 Å². The lowest BCUT2D eigenvalue weighted by Crippen LogP contribution is -2.35. The molecule has 1 fully saturated rings. The van der Waals surface area contributed by atoms with Gasteiger partial charge in [-0.05, 0) is 72.7 Å². The highest BCUT2D eigenvalue weighted by Gasteiger charge is 2.52. The summed E-state index contributed by atoms with van der Waals surface area (Å²) >= 11 is 0. The summed E-state index contributed by atoms with van der Waals surface area (Å²) in [6, 6.07) is 10.3. The smallest absolute Gasteiger partial charge is 0.340 e. The molecule has 0 amide bonds. The lowest BCUT2D eigenvalue weighted by molar-refractivity contribution is -0.257. The predicted octanol–water partition coefficient (Wildman–Crippen LogP) is 3.93. The van der Waals surface area contributed by atoms with Crippen LogP contribution >= 0.6 is 0 Å². The monoisotopic (exact) mass is 532 g/mol. The summed E-state index contributed by atoms with van der Waals surface area (Å²) in [5.74, 6) is -0.782. The summed E-state index contributed by atoms with van der Waals surface area (Å²) in [7, 11) is 1.76. The van der Waals surface area contributed by atoms with Crippen LogP contribution in [-0.2, 0) is 23.2 Å². The van der Waals surface area contributed by atoms with Crippen LogP contribution in [0, 0.1) is 5.82 Å². The first-order valence-electron chi connectivity index (χ1n) is 12.6. The highest BCUT2D eigenvalue weighted by atomic mass is 19.1. The number of fused-ring (bicyclic) bond motifs is 3. The van der Waals surface area contributed by atoms with Gasteiger partial charge in [-0.3, -0.25) is 4.68 Å². The number of anilines is 1. The summed E-state index contributed by atoms with van der Waals surface area (Å²) in [5.41, 5.74) is 8.48. The minimum absolute atomic E-state index is 0.00683. The molecule has 1 unspecified atom stereocenters. The predicted molar refractivity (Wildman–Crippen MR) is 135 cm³/mol. The lowest BCUT2D eigenvalue weighted by atomic mass is 9.77. The second kappa shape index (κ2) is 8.32. The van der Waals surface area contributed by atoms with E-state index < -0.39 is 11.4 Å². The van der Waals surface area contributed by atoms with Crippen LogP contribution < -0.4 is 10.5 Å². The van der Waals surface area contributed by atoms with Gasteiger partial charge in [-0.1, -0.05) is 6.07 Å². The zero-order valence-corrected chi connectivity index (χ0v) is 21.2. The molecule has 7 rings (SSSR count). The fraction of sp³-hybridized carbons (Fsp3) is 0.346. The van der Waals surface area contributed by atoms with E-state index in [9.17, 15) is 9.50 Å². The molecule has 3 N–H and O–H groups in total.